The summed E-state index contributed by atoms with van der Waals surface area (Å²) >= 11 is 0. The summed E-state index contributed by atoms with van der Waals surface area (Å²) in [6, 6.07) is 0.614. The van der Waals surface area contributed by atoms with Crippen LogP contribution in [0.4, 0.5) is 0 Å². The first-order valence-corrected chi connectivity index (χ1v) is 11.3. The van der Waals surface area contributed by atoms with Crippen molar-refractivity contribution < 1.29 is 19.8 Å². The Morgan fingerprint density at radius 2 is 1.00 bits per heavy atom. The zero-order valence-electron chi connectivity index (χ0n) is 17.4. The predicted molar refractivity (Wildman–Crippen MR) is 114 cm³/mol. The molecule has 0 bridgehead atoms. The van der Waals surface area contributed by atoms with Crippen molar-refractivity contribution in [1.29, 1.82) is 0 Å². The van der Waals surface area contributed by atoms with Crippen molar-refractivity contribution in [3.05, 3.63) is 0 Å². The number of hydrogen-bond donors (Lipinski definition) is 4. The molecular formula is C23H42N2O4. The van der Waals surface area contributed by atoms with Crippen LogP contribution in [0, 0.1) is 23.7 Å². The zero-order valence-corrected chi connectivity index (χ0v) is 17.4. The molecule has 0 heterocycles. The molecule has 0 aliphatic heterocycles. The van der Waals surface area contributed by atoms with Crippen molar-refractivity contribution in [3.63, 3.8) is 0 Å². The zero-order chi connectivity index (χ0) is 20.3. The van der Waals surface area contributed by atoms with E-state index >= 15 is 0 Å². The Balaban J connectivity index is 0.000000200. The van der Waals surface area contributed by atoms with Gasteiger partial charge >= 0.3 is 0 Å². The molecule has 4 aliphatic carbocycles. The summed E-state index contributed by atoms with van der Waals surface area (Å²) in [5.74, 6) is 1.73. The second-order valence-corrected chi connectivity index (χ2v) is 9.67. The molecule has 0 aromatic heterocycles. The number of rotatable bonds is 4. The lowest BCUT2D eigenvalue weighted by Gasteiger charge is -2.31. The van der Waals surface area contributed by atoms with Gasteiger partial charge in [0.15, 0.2) is 0 Å². The van der Waals surface area contributed by atoms with Crippen LogP contribution in [0.5, 0.6) is 0 Å². The molecule has 0 unspecified atom stereocenters. The number of carbonyl (C=O) groups excluding carboxylic acids is 2. The summed E-state index contributed by atoms with van der Waals surface area (Å²) < 4.78 is 0. The van der Waals surface area contributed by atoms with Crippen molar-refractivity contribution in [3.8, 4) is 0 Å². The molecule has 0 radical (unpaired) electrons. The molecule has 4 aliphatic rings. The Morgan fingerprint density at radius 1 is 0.655 bits per heavy atom. The van der Waals surface area contributed by atoms with E-state index in [4.69, 9.17) is 0 Å². The fourth-order valence-electron chi connectivity index (χ4n) is 4.35. The summed E-state index contributed by atoms with van der Waals surface area (Å²) in [7, 11) is 0. The molecule has 4 fully saturated rings. The van der Waals surface area contributed by atoms with E-state index in [9.17, 15) is 19.8 Å². The van der Waals surface area contributed by atoms with Crippen molar-refractivity contribution in [2.75, 3.05) is 0 Å². The SMILES string of the molecule is C.C[C@@H]1C[C@H](NC(=O)C2CC2)CC[C@H]1O.C[C@H]1C[C@@H](NC(=O)C2CC2)CC[C@@H]1O. The number of aliphatic hydroxyl groups is 2. The van der Waals surface area contributed by atoms with E-state index in [1.54, 1.807) is 0 Å². The molecule has 2 amide bonds. The average Bonchev–Trinajstić information content (AvgIpc) is 3.54. The maximum Gasteiger partial charge on any atom is 0.223 e. The molecule has 6 heteroatoms. The van der Waals surface area contributed by atoms with Crippen molar-refractivity contribution in [1.82, 2.24) is 10.6 Å². The van der Waals surface area contributed by atoms with Crippen LogP contribution in [0.3, 0.4) is 0 Å². The summed E-state index contributed by atoms with van der Waals surface area (Å²) in [6.45, 7) is 4.11. The van der Waals surface area contributed by atoms with Gasteiger partial charge in [0.1, 0.15) is 0 Å². The Morgan fingerprint density at radius 3 is 1.28 bits per heavy atom. The third-order valence-electron chi connectivity index (χ3n) is 6.84. The first kappa shape index (κ1) is 24.1. The van der Waals surface area contributed by atoms with E-state index in [1.807, 2.05) is 0 Å². The van der Waals surface area contributed by atoms with Crippen molar-refractivity contribution in [2.45, 2.75) is 110 Å². The van der Waals surface area contributed by atoms with Gasteiger partial charge in [0.25, 0.3) is 0 Å². The van der Waals surface area contributed by atoms with E-state index in [-0.39, 0.29) is 31.4 Å². The summed E-state index contributed by atoms with van der Waals surface area (Å²) in [4.78, 5) is 23.0. The maximum absolute atomic E-state index is 11.5. The highest BCUT2D eigenvalue weighted by molar-refractivity contribution is 5.81. The first-order valence-electron chi connectivity index (χ1n) is 11.3. The minimum atomic E-state index is -0.163. The van der Waals surface area contributed by atoms with Gasteiger partial charge < -0.3 is 20.8 Å². The molecule has 6 atom stereocenters. The minimum absolute atomic E-state index is 0. The van der Waals surface area contributed by atoms with Gasteiger partial charge in [-0.3, -0.25) is 9.59 Å². The van der Waals surface area contributed by atoms with Gasteiger partial charge in [-0.1, -0.05) is 21.3 Å². The lowest BCUT2D eigenvalue weighted by molar-refractivity contribution is -0.124. The van der Waals surface area contributed by atoms with Crippen LogP contribution >= 0.6 is 0 Å². The molecule has 6 nitrogen and oxygen atoms in total. The number of carbonyl (C=O) groups is 2. The molecule has 4 N–H and O–H groups in total. The first-order chi connectivity index (χ1) is 13.3. The molecule has 0 aromatic carbocycles. The third-order valence-corrected chi connectivity index (χ3v) is 6.84. The van der Waals surface area contributed by atoms with Crippen LogP contribution in [0.15, 0.2) is 0 Å². The van der Waals surface area contributed by atoms with Gasteiger partial charge in [0.2, 0.25) is 11.8 Å². The van der Waals surface area contributed by atoms with E-state index in [2.05, 4.69) is 24.5 Å². The van der Waals surface area contributed by atoms with Crippen LogP contribution in [0.1, 0.15) is 85.5 Å². The highest BCUT2D eigenvalue weighted by Gasteiger charge is 2.34. The molecule has 4 saturated carbocycles. The number of hydrogen-bond acceptors (Lipinski definition) is 4. The highest BCUT2D eigenvalue weighted by Crippen LogP contribution is 2.31. The van der Waals surface area contributed by atoms with Crippen LogP contribution in [-0.2, 0) is 9.59 Å². The van der Waals surface area contributed by atoms with Crippen LogP contribution < -0.4 is 10.6 Å². The van der Waals surface area contributed by atoms with Gasteiger partial charge in [-0.2, -0.15) is 0 Å². The third kappa shape index (κ3) is 7.56. The lowest BCUT2D eigenvalue weighted by Crippen LogP contribution is -2.42. The Hall–Kier alpha value is -1.14. The van der Waals surface area contributed by atoms with Gasteiger partial charge in [-0.05, 0) is 76.0 Å². The summed E-state index contributed by atoms with van der Waals surface area (Å²) in [5.41, 5.74) is 0. The largest absolute Gasteiger partial charge is 0.393 e. The fourth-order valence-corrected chi connectivity index (χ4v) is 4.35. The Bertz CT molecular complexity index is 499. The van der Waals surface area contributed by atoms with Crippen LogP contribution in [0.2, 0.25) is 0 Å². The second kappa shape index (κ2) is 10.8. The Kier molecular flexibility index (Phi) is 8.95. The fraction of sp³-hybridized carbons (Fsp3) is 0.913. The minimum Gasteiger partial charge on any atom is -0.393 e. The van der Waals surface area contributed by atoms with E-state index in [0.29, 0.717) is 35.8 Å². The monoisotopic (exact) mass is 410 g/mol. The lowest BCUT2D eigenvalue weighted by atomic mass is 9.84. The smallest absolute Gasteiger partial charge is 0.223 e. The maximum atomic E-state index is 11.5. The quantitative estimate of drug-likeness (QED) is 0.573. The van der Waals surface area contributed by atoms with Gasteiger partial charge in [-0.25, -0.2) is 0 Å². The summed E-state index contributed by atoms with van der Waals surface area (Å²) in [6.07, 6.45) is 9.33. The predicted octanol–water partition coefficient (Wildman–Crippen LogP) is 2.76. The summed E-state index contributed by atoms with van der Waals surface area (Å²) in [5, 5.41) is 25.2. The van der Waals surface area contributed by atoms with Gasteiger partial charge in [-0.15, -0.1) is 0 Å². The number of nitrogens with one attached hydrogen (secondary N) is 2. The highest BCUT2D eigenvalue weighted by atomic mass is 16.3. The molecule has 0 spiro atoms. The van der Waals surface area contributed by atoms with Crippen molar-refractivity contribution in [2.24, 2.45) is 23.7 Å². The van der Waals surface area contributed by atoms with Crippen molar-refractivity contribution >= 4 is 11.8 Å². The van der Waals surface area contributed by atoms with Crippen LogP contribution in [-0.4, -0.2) is 46.3 Å². The number of amides is 2. The average molecular weight is 411 g/mol. The standard InChI is InChI=1S/2C11H19NO2.CH4/c2*1-7-6-9(4-5-10(7)13)12-11(14)8-2-3-8;/h2*7-10,13H,2-6H2,1H3,(H,12,14);1H4/t2*7-,9-,10-;/m10./s1. The van der Waals surface area contributed by atoms with Crippen LogP contribution in [0.25, 0.3) is 0 Å². The molecule has 0 saturated heterocycles. The van der Waals surface area contributed by atoms with E-state index in [0.717, 1.165) is 64.2 Å². The number of aliphatic hydroxyl groups excluding tert-OH is 2. The van der Waals surface area contributed by atoms with E-state index in [1.165, 1.54) is 0 Å². The molecule has 0 aromatic rings. The van der Waals surface area contributed by atoms with Gasteiger partial charge in [0.05, 0.1) is 12.2 Å². The molecule has 4 rings (SSSR count). The molecular weight excluding hydrogens is 368 g/mol. The normalized spacial score (nSPS) is 36.7. The topological polar surface area (TPSA) is 98.7 Å². The van der Waals surface area contributed by atoms with E-state index < -0.39 is 0 Å². The molecule has 29 heavy (non-hydrogen) atoms. The Labute approximate surface area is 176 Å². The molecule has 168 valence electrons. The second-order valence-electron chi connectivity index (χ2n) is 9.67. The van der Waals surface area contributed by atoms with Gasteiger partial charge in [0, 0.05) is 23.9 Å².